The second-order valence-corrected chi connectivity index (χ2v) is 9.23. The van der Waals surface area contributed by atoms with E-state index < -0.39 is 22.6 Å². The summed E-state index contributed by atoms with van der Waals surface area (Å²) in [6.45, 7) is -0.0718. The standard InChI is InChI=1S/C17H19ClN2O5S2/c1-19(2)27(23,24)13-4-5-15(18)14(8-13)17(22)25-10-16(21)20(3)9-12-6-7-26-11-12/h4-8,11H,9-10H2,1-3H3. The van der Waals surface area contributed by atoms with Gasteiger partial charge < -0.3 is 9.64 Å². The Labute approximate surface area is 167 Å². The lowest BCUT2D eigenvalue weighted by Gasteiger charge is -2.17. The summed E-state index contributed by atoms with van der Waals surface area (Å²) < 4.78 is 30.4. The van der Waals surface area contributed by atoms with Gasteiger partial charge in [-0.3, -0.25) is 4.79 Å². The van der Waals surface area contributed by atoms with E-state index >= 15 is 0 Å². The summed E-state index contributed by atoms with van der Waals surface area (Å²) in [6.07, 6.45) is 0. The lowest BCUT2D eigenvalue weighted by molar-refractivity contribution is -0.133. The van der Waals surface area contributed by atoms with Crippen LogP contribution in [0.5, 0.6) is 0 Å². The van der Waals surface area contributed by atoms with E-state index in [9.17, 15) is 18.0 Å². The molecule has 146 valence electrons. The highest BCUT2D eigenvalue weighted by Crippen LogP contribution is 2.23. The Balaban J connectivity index is 2.06. The molecule has 1 heterocycles. The number of ether oxygens (including phenoxy) is 1. The maximum absolute atomic E-state index is 12.3. The lowest BCUT2D eigenvalue weighted by atomic mass is 10.2. The monoisotopic (exact) mass is 430 g/mol. The first kappa shape index (κ1) is 21.4. The van der Waals surface area contributed by atoms with Crippen LogP contribution in [0.2, 0.25) is 5.02 Å². The zero-order chi connectivity index (χ0) is 20.2. The molecule has 2 aromatic rings. The third kappa shape index (κ3) is 5.29. The van der Waals surface area contributed by atoms with Gasteiger partial charge in [0.05, 0.1) is 15.5 Å². The smallest absolute Gasteiger partial charge is 0.340 e. The van der Waals surface area contributed by atoms with Crippen LogP contribution in [0.3, 0.4) is 0 Å². The van der Waals surface area contributed by atoms with Crippen LogP contribution in [-0.4, -0.2) is 57.2 Å². The second-order valence-electron chi connectivity index (χ2n) is 5.89. The number of nitrogens with zero attached hydrogens (tertiary/aromatic N) is 2. The third-order valence-corrected chi connectivity index (χ3v) is 6.56. The van der Waals surface area contributed by atoms with E-state index in [1.807, 2.05) is 16.8 Å². The van der Waals surface area contributed by atoms with Crippen LogP contribution in [0.1, 0.15) is 15.9 Å². The van der Waals surface area contributed by atoms with Crippen LogP contribution in [0.25, 0.3) is 0 Å². The highest BCUT2D eigenvalue weighted by atomic mass is 35.5. The molecule has 0 aliphatic rings. The van der Waals surface area contributed by atoms with Crippen LogP contribution < -0.4 is 0 Å². The number of likely N-dealkylation sites (N-methyl/N-ethyl adjacent to an activating group) is 1. The molecule has 2 rings (SSSR count). The molecule has 27 heavy (non-hydrogen) atoms. The Morgan fingerprint density at radius 2 is 1.89 bits per heavy atom. The molecule has 1 aromatic carbocycles. The average molecular weight is 431 g/mol. The largest absolute Gasteiger partial charge is 0.452 e. The second kappa shape index (κ2) is 8.83. The number of rotatable bonds is 7. The van der Waals surface area contributed by atoms with Crippen molar-refractivity contribution in [3.05, 3.63) is 51.2 Å². The Morgan fingerprint density at radius 3 is 2.48 bits per heavy atom. The number of thiophene rings is 1. The van der Waals surface area contributed by atoms with Crippen LogP contribution >= 0.6 is 22.9 Å². The molecule has 10 heteroatoms. The van der Waals surface area contributed by atoms with Crippen molar-refractivity contribution in [2.75, 3.05) is 27.7 Å². The van der Waals surface area contributed by atoms with Crippen molar-refractivity contribution in [3.63, 3.8) is 0 Å². The summed E-state index contributed by atoms with van der Waals surface area (Å²) in [6, 6.07) is 5.64. The number of carbonyl (C=O) groups is 2. The molecule has 0 fully saturated rings. The van der Waals surface area contributed by atoms with Gasteiger partial charge in [-0.25, -0.2) is 17.5 Å². The van der Waals surface area contributed by atoms with Crippen molar-refractivity contribution in [2.45, 2.75) is 11.4 Å². The first-order chi connectivity index (χ1) is 12.6. The Bertz CT molecular complexity index is 927. The molecule has 0 saturated heterocycles. The minimum Gasteiger partial charge on any atom is -0.452 e. The molecular formula is C17H19ClN2O5S2. The molecule has 0 N–H and O–H groups in total. The number of amides is 1. The van der Waals surface area contributed by atoms with Crippen LogP contribution in [0.15, 0.2) is 39.9 Å². The van der Waals surface area contributed by atoms with E-state index in [4.69, 9.17) is 16.3 Å². The van der Waals surface area contributed by atoms with Gasteiger partial charge in [0.15, 0.2) is 6.61 Å². The number of carbonyl (C=O) groups excluding carboxylic acids is 2. The van der Waals surface area contributed by atoms with Gasteiger partial charge in [-0.2, -0.15) is 11.3 Å². The highest BCUT2D eigenvalue weighted by Gasteiger charge is 2.22. The fourth-order valence-electron chi connectivity index (χ4n) is 2.09. The number of benzene rings is 1. The maximum atomic E-state index is 12.3. The molecule has 7 nitrogen and oxygen atoms in total. The molecule has 1 aromatic heterocycles. The topological polar surface area (TPSA) is 84.0 Å². The highest BCUT2D eigenvalue weighted by molar-refractivity contribution is 7.89. The first-order valence-corrected chi connectivity index (χ1v) is 10.5. The number of esters is 1. The minimum absolute atomic E-state index is 0.0387. The van der Waals surface area contributed by atoms with Gasteiger partial charge in [0.2, 0.25) is 10.0 Å². The van der Waals surface area contributed by atoms with Crippen molar-refractivity contribution in [2.24, 2.45) is 0 Å². The lowest BCUT2D eigenvalue weighted by Crippen LogP contribution is -2.30. The number of sulfonamides is 1. The van der Waals surface area contributed by atoms with E-state index in [0.717, 1.165) is 15.9 Å². The van der Waals surface area contributed by atoms with Crippen LogP contribution in [0.4, 0.5) is 0 Å². The summed E-state index contributed by atoms with van der Waals surface area (Å²) in [7, 11) is 0.629. The molecule has 0 aliphatic carbocycles. The summed E-state index contributed by atoms with van der Waals surface area (Å²) in [4.78, 5) is 25.7. The van der Waals surface area contributed by atoms with Crippen molar-refractivity contribution < 1.29 is 22.7 Å². The Kier molecular flexibility index (Phi) is 6.99. The Hall–Kier alpha value is -1.94. The maximum Gasteiger partial charge on any atom is 0.340 e. The number of hydrogen-bond donors (Lipinski definition) is 0. The van der Waals surface area contributed by atoms with Gasteiger partial charge in [0.25, 0.3) is 5.91 Å². The fourth-order valence-corrected chi connectivity index (χ4v) is 3.87. The minimum atomic E-state index is -3.73. The molecule has 0 aliphatic heterocycles. The molecular weight excluding hydrogens is 412 g/mol. The first-order valence-electron chi connectivity index (χ1n) is 7.77. The normalized spacial score (nSPS) is 11.4. The molecule has 0 spiro atoms. The van der Waals surface area contributed by atoms with Crippen molar-refractivity contribution in [3.8, 4) is 0 Å². The zero-order valence-corrected chi connectivity index (χ0v) is 17.4. The molecule has 0 atom stereocenters. The van der Waals surface area contributed by atoms with Crippen molar-refractivity contribution in [1.82, 2.24) is 9.21 Å². The van der Waals surface area contributed by atoms with Crippen molar-refractivity contribution in [1.29, 1.82) is 0 Å². The summed E-state index contributed by atoms with van der Waals surface area (Å²) in [5, 5.41) is 3.87. The van der Waals surface area contributed by atoms with E-state index in [1.54, 1.807) is 7.05 Å². The summed E-state index contributed by atoms with van der Waals surface area (Å²) >= 11 is 7.52. The van der Waals surface area contributed by atoms with E-state index in [-0.39, 0.29) is 21.4 Å². The van der Waals surface area contributed by atoms with E-state index in [1.165, 1.54) is 42.5 Å². The number of hydrogen-bond acceptors (Lipinski definition) is 6. The van der Waals surface area contributed by atoms with Gasteiger partial charge in [0, 0.05) is 27.7 Å². The molecule has 0 bridgehead atoms. The summed E-state index contributed by atoms with van der Waals surface area (Å²) in [5.41, 5.74) is 0.861. The zero-order valence-electron chi connectivity index (χ0n) is 15.0. The fraction of sp³-hybridized carbons (Fsp3) is 0.294. The SMILES string of the molecule is CN(Cc1ccsc1)C(=O)COC(=O)c1cc(S(=O)(=O)N(C)C)ccc1Cl. The van der Waals surface area contributed by atoms with E-state index in [2.05, 4.69) is 0 Å². The van der Waals surface area contributed by atoms with Gasteiger partial charge in [-0.05, 0) is 40.6 Å². The quantitative estimate of drug-likeness (QED) is 0.630. The predicted octanol–water partition coefficient (Wildman–Crippen LogP) is 2.47. The Morgan fingerprint density at radius 1 is 1.19 bits per heavy atom. The van der Waals surface area contributed by atoms with Crippen LogP contribution in [0, 0.1) is 0 Å². The van der Waals surface area contributed by atoms with E-state index in [0.29, 0.717) is 6.54 Å². The molecule has 0 radical (unpaired) electrons. The molecule has 0 unspecified atom stereocenters. The third-order valence-electron chi connectivity index (χ3n) is 3.69. The number of halogens is 1. The molecule has 0 saturated carbocycles. The average Bonchev–Trinajstić information content (AvgIpc) is 3.12. The van der Waals surface area contributed by atoms with Gasteiger partial charge in [-0.15, -0.1) is 0 Å². The molecule has 1 amide bonds. The van der Waals surface area contributed by atoms with Gasteiger partial charge in [0.1, 0.15) is 0 Å². The summed E-state index contributed by atoms with van der Waals surface area (Å²) in [5.74, 6) is -1.25. The predicted molar refractivity (Wildman–Crippen MR) is 103 cm³/mol. The van der Waals surface area contributed by atoms with Crippen LogP contribution in [-0.2, 0) is 26.1 Å². The van der Waals surface area contributed by atoms with Crippen molar-refractivity contribution >= 4 is 44.8 Å². The van der Waals surface area contributed by atoms with Gasteiger partial charge in [-0.1, -0.05) is 11.6 Å². The van der Waals surface area contributed by atoms with Gasteiger partial charge >= 0.3 is 5.97 Å².